The largest absolute Gasteiger partial charge is 0.337 e. The number of fused-ring (bicyclic) bond motifs is 1. The number of imidazole rings is 1. The van der Waals surface area contributed by atoms with Gasteiger partial charge in [-0.05, 0) is 43.0 Å². The van der Waals surface area contributed by atoms with Gasteiger partial charge in [-0.15, -0.1) is 0 Å². The third-order valence-corrected chi connectivity index (χ3v) is 6.14. The van der Waals surface area contributed by atoms with Crippen LogP contribution in [0.3, 0.4) is 0 Å². The molecular formula is C24H30ClN5O. The number of amides is 1. The number of nitrogens with one attached hydrogen (secondary N) is 1. The van der Waals surface area contributed by atoms with Crippen LogP contribution >= 0.6 is 11.6 Å². The minimum Gasteiger partial charge on any atom is -0.337 e. The van der Waals surface area contributed by atoms with E-state index in [0.717, 1.165) is 49.4 Å². The Kier molecular flexibility index (Phi) is 7.20. The van der Waals surface area contributed by atoms with E-state index >= 15 is 0 Å². The number of hydrogen-bond acceptors (Lipinski definition) is 4. The van der Waals surface area contributed by atoms with Crippen molar-refractivity contribution in [3.05, 3.63) is 64.3 Å². The molecule has 3 aromatic heterocycles. The van der Waals surface area contributed by atoms with E-state index in [0.29, 0.717) is 23.8 Å². The summed E-state index contributed by atoms with van der Waals surface area (Å²) in [5.74, 6) is 0.0175. The van der Waals surface area contributed by atoms with Crippen LogP contribution in [-0.4, -0.2) is 38.3 Å². The number of hydrogen-bond donors (Lipinski definition) is 1. The number of aryl methyl sites for hydroxylation is 1. The van der Waals surface area contributed by atoms with Gasteiger partial charge in [0, 0.05) is 38.6 Å². The number of rotatable bonds is 6. The van der Waals surface area contributed by atoms with Gasteiger partial charge in [-0.2, -0.15) is 0 Å². The molecule has 0 aromatic carbocycles. The highest BCUT2D eigenvalue weighted by Crippen LogP contribution is 2.20. The molecule has 4 rings (SSSR count). The zero-order chi connectivity index (χ0) is 21.6. The molecular weight excluding hydrogens is 410 g/mol. The van der Waals surface area contributed by atoms with E-state index in [1.54, 1.807) is 0 Å². The molecule has 0 saturated carbocycles. The van der Waals surface area contributed by atoms with Crippen molar-refractivity contribution < 1.29 is 4.79 Å². The minimum atomic E-state index is 0.0175. The van der Waals surface area contributed by atoms with Gasteiger partial charge in [0.1, 0.15) is 5.65 Å². The lowest BCUT2D eigenvalue weighted by Crippen LogP contribution is -2.35. The SMILES string of the molecule is CCc1ccc(CNCc2c(C(=O)N3CCCCCCC3)nc3ccc(Cl)cn23)nc1. The maximum Gasteiger partial charge on any atom is 0.274 e. The molecule has 1 aliphatic heterocycles. The maximum atomic E-state index is 13.4. The molecule has 1 fully saturated rings. The molecule has 0 atom stereocenters. The molecule has 0 spiro atoms. The molecule has 1 amide bonds. The van der Waals surface area contributed by atoms with Gasteiger partial charge in [0.2, 0.25) is 0 Å². The lowest BCUT2D eigenvalue weighted by atomic mass is 10.1. The van der Waals surface area contributed by atoms with E-state index in [1.165, 1.54) is 24.8 Å². The summed E-state index contributed by atoms with van der Waals surface area (Å²) in [6, 6.07) is 7.82. The number of pyridine rings is 2. The number of likely N-dealkylation sites (tertiary alicyclic amines) is 1. The number of aromatic nitrogens is 3. The topological polar surface area (TPSA) is 62.5 Å². The van der Waals surface area contributed by atoms with Crippen molar-refractivity contribution in [2.75, 3.05) is 13.1 Å². The molecule has 1 aliphatic rings. The molecule has 7 heteroatoms. The summed E-state index contributed by atoms with van der Waals surface area (Å²) in [5.41, 5.74) is 4.29. The number of carbonyl (C=O) groups excluding carboxylic acids is 1. The van der Waals surface area contributed by atoms with Crippen molar-refractivity contribution >= 4 is 23.2 Å². The minimum absolute atomic E-state index is 0.0175. The second-order valence-electron chi connectivity index (χ2n) is 8.16. The fourth-order valence-electron chi connectivity index (χ4n) is 4.09. The van der Waals surface area contributed by atoms with Crippen LogP contribution in [0.4, 0.5) is 0 Å². The zero-order valence-corrected chi connectivity index (χ0v) is 18.9. The molecule has 0 bridgehead atoms. The van der Waals surface area contributed by atoms with Crippen LogP contribution in [-0.2, 0) is 19.5 Å². The Bertz CT molecular complexity index is 1020. The summed E-state index contributed by atoms with van der Waals surface area (Å²) in [6.45, 7) is 4.85. The first kappa shape index (κ1) is 21.8. The van der Waals surface area contributed by atoms with E-state index in [1.807, 2.05) is 39.9 Å². The van der Waals surface area contributed by atoms with Crippen LogP contribution in [0.1, 0.15) is 66.5 Å². The average molecular weight is 440 g/mol. The van der Waals surface area contributed by atoms with Crippen LogP contribution in [0.5, 0.6) is 0 Å². The third-order valence-electron chi connectivity index (χ3n) is 5.92. The van der Waals surface area contributed by atoms with Crippen molar-refractivity contribution in [2.24, 2.45) is 0 Å². The summed E-state index contributed by atoms with van der Waals surface area (Å²) in [6.07, 6.45) is 10.5. The second kappa shape index (κ2) is 10.2. The summed E-state index contributed by atoms with van der Waals surface area (Å²) in [4.78, 5) is 24.6. The van der Waals surface area contributed by atoms with Gasteiger partial charge in [-0.25, -0.2) is 4.98 Å². The standard InChI is InChI=1S/C24H30ClN5O/c1-2-18-8-10-20(27-14-18)15-26-16-21-23(28-22-11-9-19(25)17-30(21)22)24(31)29-12-6-4-3-5-7-13-29/h8-11,14,17,26H,2-7,12-13,15-16H2,1H3. The Morgan fingerprint density at radius 1 is 1.06 bits per heavy atom. The Labute approximate surface area is 188 Å². The Hall–Kier alpha value is -2.44. The van der Waals surface area contributed by atoms with Gasteiger partial charge >= 0.3 is 0 Å². The van der Waals surface area contributed by atoms with Crippen LogP contribution in [0.2, 0.25) is 5.02 Å². The Morgan fingerprint density at radius 3 is 2.55 bits per heavy atom. The molecule has 31 heavy (non-hydrogen) atoms. The second-order valence-corrected chi connectivity index (χ2v) is 8.59. The average Bonchev–Trinajstić information content (AvgIpc) is 3.11. The summed E-state index contributed by atoms with van der Waals surface area (Å²) in [7, 11) is 0. The van der Waals surface area contributed by atoms with Gasteiger partial charge < -0.3 is 14.6 Å². The highest BCUT2D eigenvalue weighted by Gasteiger charge is 2.24. The van der Waals surface area contributed by atoms with E-state index < -0.39 is 0 Å². The van der Waals surface area contributed by atoms with Gasteiger partial charge in [0.25, 0.3) is 5.91 Å². The predicted molar refractivity (Wildman–Crippen MR) is 123 cm³/mol. The van der Waals surface area contributed by atoms with Crippen molar-refractivity contribution in [2.45, 2.75) is 58.5 Å². The smallest absolute Gasteiger partial charge is 0.274 e. The molecule has 3 aromatic rings. The quantitative estimate of drug-likeness (QED) is 0.607. The first-order chi connectivity index (χ1) is 15.2. The first-order valence-corrected chi connectivity index (χ1v) is 11.6. The monoisotopic (exact) mass is 439 g/mol. The molecule has 0 radical (unpaired) electrons. The van der Waals surface area contributed by atoms with Gasteiger partial charge in [-0.1, -0.05) is 43.9 Å². The lowest BCUT2D eigenvalue weighted by molar-refractivity contribution is 0.0735. The molecule has 6 nitrogen and oxygen atoms in total. The number of nitrogens with zero attached hydrogens (tertiary/aromatic N) is 4. The molecule has 0 aliphatic carbocycles. The fourth-order valence-corrected chi connectivity index (χ4v) is 4.25. The van der Waals surface area contributed by atoms with E-state index in [4.69, 9.17) is 11.6 Å². The molecule has 0 unspecified atom stereocenters. The summed E-state index contributed by atoms with van der Waals surface area (Å²) < 4.78 is 1.93. The highest BCUT2D eigenvalue weighted by atomic mass is 35.5. The number of carbonyl (C=O) groups is 1. The lowest BCUT2D eigenvalue weighted by Gasteiger charge is -2.24. The van der Waals surface area contributed by atoms with Crippen molar-refractivity contribution in [1.29, 1.82) is 0 Å². The Morgan fingerprint density at radius 2 is 1.84 bits per heavy atom. The molecule has 4 heterocycles. The normalized spacial score (nSPS) is 15.1. The van der Waals surface area contributed by atoms with Crippen LogP contribution in [0, 0.1) is 0 Å². The van der Waals surface area contributed by atoms with E-state index in [-0.39, 0.29) is 5.91 Å². The maximum absolute atomic E-state index is 13.4. The van der Waals surface area contributed by atoms with Crippen molar-refractivity contribution in [1.82, 2.24) is 24.6 Å². The summed E-state index contributed by atoms with van der Waals surface area (Å²) >= 11 is 6.25. The van der Waals surface area contributed by atoms with Gasteiger partial charge in [0.05, 0.1) is 16.4 Å². The summed E-state index contributed by atoms with van der Waals surface area (Å²) in [5, 5.41) is 4.06. The highest BCUT2D eigenvalue weighted by molar-refractivity contribution is 6.30. The predicted octanol–water partition coefficient (Wildman–Crippen LogP) is 4.64. The van der Waals surface area contributed by atoms with Crippen molar-refractivity contribution in [3.63, 3.8) is 0 Å². The van der Waals surface area contributed by atoms with Gasteiger partial charge in [0.15, 0.2) is 5.69 Å². The third kappa shape index (κ3) is 5.25. The van der Waals surface area contributed by atoms with Crippen LogP contribution in [0.15, 0.2) is 36.7 Å². The molecule has 1 N–H and O–H groups in total. The zero-order valence-electron chi connectivity index (χ0n) is 18.1. The Balaban J connectivity index is 1.56. The van der Waals surface area contributed by atoms with Crippen LogP contribution in [0.25, 0.3) is 5.65 Å². The van der Waals surface area contributed by atoms with Crippen LogP contribution < -0.4 is 5.32 Å². The van der Waals surface area contributed by atoms with E-state index in [9.17, 15) is 4.79 Å². The first-order valence-electron chi connectivity index (χ1n) is 11.3. The molecule has 1 saturated heterocycles. The van der Waals surface area contributed by atoms with Gasteiger partial charge in [-0.3, -0.25) is 9.78 Å². The molecule has 164 valence electrons. The number of halogens is 1. The van der Waals surface area contributed by atoms with Crippen molar-refractivity contribution in [3.8, 4) is 0 Å². The fraction of sp³-hybridized carbons (Fsp3) is 0.458. The van der Waals surface area contributed by atoms with E-state index in [2.05, 4.69) is 28.3 Å².